The lowest BCUT2D eigenvalue weighted by molar-refractivity contribution is 0.880. The Morgan fingerprint density at radius 2 is 1.92 bits per heavy atom. The lowest BCUT2D eigenvalue weighted by atomic mass is 10.2. The first-order valence-corrected chi connectivity index (χ1v) is 4.68. The van der Waals surface area contributed by atoms with Crippen molar-refractivity contribution >= 4 is 5.69 Å². The standard InChI is InChI=1S/C12H17N/c1-4-13(10-11(2)3)12-8-6-5-7-9-12/h5-9H,2,4,10H2,1,3H3. The topological polar surface area (TPSA) is 3.24 Å². The van der Waals surface area contributed by atoms with Gasteiger partial charge in [-0.3, -0.25) is 0 Å². The highest BCUT2D eigenvalue weighted by Crippen LogP contribution is 2.13. The smallest absolute Gasteiger partial charge is 0.0383 e. The van der Waals surface area contributed by atoms with Gasteiger partial charge in [-0.15, -0.1) is 0 Å². The van der Waals surface area contributed by atoms with E-state index in [1.54, 1.807) is 0 Å². The van der Waals surface area contributed by atoms with Crippen molar-refractivity contribution in [3.8, 4) is 0 Å². The van der Waals surface area contributed by atoms with Gasteiger partial charge in [0.1, 0.15) is 0 Å². The molecule has 0 fully saturated rings. The molecular weight excluding hydrogens is 158 g/mol. The number of anilines is 1. The van der Waals surface area contributed by atoms with Crippen molar-refractivity contribution in [1.82, 2.24) is 0 Å². The molecule has 0 aromatic heterocycles. The van der Waals surface area contributed by atoms with Crippen molar-refractivity contribution in [3.63, 3.8) is 0 Å². The third-order valence-electron chi connectivity index (χ3n) is 1.96. The number of para-hydroxylation sites is 1. The van der Waals surface area contributed by atoms with Crippen molar-refractivity contribution in [2.75, 3.05) is 18.0 Å². The summed E-state index contributed by atoms with van der Waals surface area (Å²) in [6.07, 6.45) is 0. The lowest BCUT2D eigenvalue weighted by Gasteiger charge is -2.22. The minimum atomic E-state index is 0.945. The van der Waals surface area contributed by atoms with Crippen molar-refractivity contribution < 1.29 is 0 Å². The van der Waals surface area contributed by atoms with Crippen LogP contribution in [0.25, 0.3) is 0 Å². The van der Waals surface area contributed by atoms with E-state index in [1.165, 1.54) is 11.3 Å². The first-order valence-electron chi connectivity index (χ1n) is 4.68. The minimum absolute atomic E-state index is 0.945. The second kappa shape index (κ2) is 4.70. The second-order valence-corrected chi connectivity index (χ2v) is 3.31. The Hall–Kier alpha value is -1.24. The van der Waals surface area contributed by atoms with Crippen molar-refractivity contribution in [2.24, 2.45) is 0 Å². The molecule has 0 spiro atoms. The number of nitrogens with zero attached hydrogens (tertiary/aromatic N) is 1. The average molecular weight is 175 g/mol. The third kappa shape index (κ3) is 2.94. The zero-order valence-electron chi connectivity index (χ0n) is 8.46. The van der Waals surface area contributed by atoms with E-state index < -0.39 is 0 Å². The second-order valence-electron chi connectivity index (χ2n) is 3.31. The van der Waals surface area contributed by atoms with Crippen LogP contribution in [0.2, 0.25) is 0 Å². The molecule has 1 aromatic rings. The SMILES string of the molecule is C=C(C)CN(CC)c1ccccc1. The Kier molecular flexibility index (Phi) is 3.56. The molecule has 1 rings (SSSR count). The number of benzene rings is 1. The van der Waals surface area contributed by atoms with Crippen LogP contribution >= 0.6 is 0 Å². The van der Waals surface area contributed by atoms with Gasteiger partial charge in [0.25, 0.3) is 0 Å². The van der Waals surface area contributed by atoms with Gasteiger partial charge in [0, 0.05) is 18.8 Å². The van der Waals surface area contributed by atoms with E-state index in [0.29, 0.717) is 0 Å². The number of likely N-dealkylation sites (N-methyl/N-ethyl adjacent to an activating group) is 1. The normalized spacial score (nSPS) is 9.69. The quantitative estimate of drug-likeness (QED) is 0.636. The summed E-state index contributed by atoms with van der Waals surface area (Å²) in [4.78, 5) is 2.31. The largest absolute Gasteiger partial charge is 0.368 e. The molecule has 0 heterocycles. The van der Waals surface area contributed by atoms with Gasteiger partial charge in [0.05, 0.1) is 0 Å². The lowest BCUT2D eigenvalue weighted by Crippen LogP contribution is -2.24. The molecule has 0 saturated carbocycles. The summed E-state index contributed by atoms with van der Waals surface area (Å²) < 4.78 is 0. The molecule has 1 aromatic carbocycles. The summed E-state index contributed by atoms with van der Waals surface area (Å²) in [5.74, 6) is 0. The Morgan fingerprint density at radius 3 is 2.38 bits per heavy atom. The molecule has 1 heteroatoms. The van der Waals surface area contributed by atoms with Crippen LogP contribution in [0.5, 0.6) is 0 Å². The number of rotatable bonds is 4. The fraction of sp³-hybridized carbons (Fsp3) is 0.333. The first-order chi connectivity index (χ1) is 6.24. The van der Waals surface area contributed by atoms with Crippen LogP contribution in [0.15, 0.2) is 42.5 Å². The molecule has 0 amide bonds. The van der Waals surface area contributed by atoms with E-state index in [2.05, 4.69) is 49.6 Å². The van der Waals surface area contributed by atoms with Crippen molar-refractivity contribution in [3.05, 3.63) is 42.5 Å². The van der Waals surface area contributed by atoms with Crippen LogP contribution in [0.3, 0.4) is 0 Å². The van der Waals surface area contributed by atoms with Gasteiger partial charge < -0.3 is 4.90 Å². The molecule has 0 atom stereocenters. The Labute approximate surface area is 80.7 Å². The van der Waals surface area contributed by atoms with Gasteiger partial charge in [0.2, 0.25) is 0 Å². The Balaban J connectivity index is 2.73. The van der Waals surface area contributed by atoms with E-state index in [1.807, 2.05) is 6.07 Å². The van der Waals surface area contributed by atoms with E-state index in [-0.39, 0.29) is 0 Å². The zero-order chi connectivity index (χ0) is 9.68. The van der Waals surface area contributed by atoms with Gasteiger partial charge in [0.15, 0.2) is 0 Å². The van der Waals surface area contributed by atoms with Crippen LogP contribution in [0, 0.1) is 0 Å². The molecule has 0 aliphatic carbocycles. The van der Waals surface area contributed by atoms with Crippen LogP contribution < -0.4 is 4.90 Å². The van der Waals surface area contributed by atoms with Crippen LogP contribution in [-0.4, -0.2) is 13.1 Å². The van der Waals surface area contributed by atoms with E-state index in [4.69, 9.17) is 0 Å². The first kappa shape index (κ1) is 9.85. The van der Waals surface area contributed by atoms with Gasteiger partial charge in [-0.1, -0.05) is 30.4 Å². The minimum Gasteiger partial charge on any atom is -0.368 e. The summed E-state index contributed by atoms with van der Waals surface area (Å²) >= 11 is 0. The van der Waals surface area contributed by atoms with E-state index in [9.17, 15) is 0 Å². The van der Waals surface area contributed by atoms with Crippen LogP contribution in [0.4, 0.5) is 5.69 Å². The van der Waals surface area contributed by atoms with Gasteiger partial charge in [-0.05, 0) is 26.0 Å². The van der Waals surface area contributed by atoms with Crippen molar-refractivity contribution in [2.45, 2.75) is 13.8 Å². The molecule has 0 N–H and O–H groups in total. The molecule has 1 nitrogen and oxygen atoms in total. The molecule has 0 saturated heterocycles. The van der Waals surface area contributed by atoms with Crippen LogP contribution in [-0.2, 0) is 0 Å². The molecule has 0 aliphatic heterocycles. The highest BCUT2D eigenvalue weighted by Gasteiger charge is 2.01. The van der Waals surface area contributed by atoms with E-state index >= 15 is 0 Å². The molecule has 13 heavy (non-hydrogen) atoms. The number of hydrogen-bond donors (Lipinski definition) is 0. The molecule has 0 bridgehead atoms. The summed E-state index contributed by atoms with van der Waals surface area (Å²) in [6, 6.07) is 10.4. The zero-order valence-corrected chi connectivity index (χ0v) is 8.46. The predicted molar refractivity (Wildman–Crippen MR) is 59.1 cm³/mol. The average Bonchev–Trinajstić information content (AvgIpc) is 2.15. The fourth-order valence-electron chi connectivity index (χ4n) is 1.35. The molecule has 0 aliphatic rings. The summed E-state index contributed by atoms with van der Waals surface area (Å²) in [5.41, 5.74) is 2.47. The highest BCUT2D eigenvalue weighted by atomic mass is 15.1. The van der Waals surface area contributed by atoms with Gasteiger partial charge in [-0.25, -0.2) is 0 Å². The van der Waals surface area contributed by atoms with Gasteiger partial charge in [-0.2, -0.15) is 0 Å². The molecule has 0 unspecified atom stereocenters. The third-order valence-corrected chi connectivity index (χ3v) is 1.96. The molecule has 0 radical (unpaired) electrons. The van der Waals surface area contributed by atoms with E-state index in [0.717, 1.165) is 13.1 Å². The van der Waals surface area contributed by atoms with Gasteiger partial charge >= 0.3 is 0 Å². The molecular formula is C12H17N. The van der Waals surface area contributed by atoms with Crippen molar-refractivity contribution in [1.29, 1.82) is 0 Å². The Bertz CT molecular complexity index is 264. The molecule has 70 valence electrons. The van der Waals surface area contributed by atoms with Crippen LogP contribution in [0.1, 0.15) is 13.8 Å². The monoisotopic (exact) mass is 175 g/mol. The Morgan fingerprint density at radius 1 is 1.31 bits per heavy atom. The fourth-order valence-corrected chi connectivity index (χ4v) is 1.35. The maximum absolute atomic E-state index is 3.93. The summed E-state index contributed by atoms with van der Waals surface area (Å²) in [5, 5.41) is 0. The summed E-state index contributed by atoms with van der Waals surface area (Å²) in [7, 11) is 0. The highest BCUT2D eigenvalue weighted by molar-refractivity contribution is 5.46. The number of hydrogen-bond acceptors (Lipinski definition) is 1. The maximum atomic E-state index is 3.93. The predicted octanol–water partition coefficient (Wildman–Crippen LogP) is 3.09. The summed E-state index contributed by atoms with van der Waals surface area (Å²) in [6.45, 7) is 10.1. The maximum Gasteiger partial charge on any atom is 0.0383 e.